The van der Waals surface area contributed by atoms with Gasteiger partial charge in [0.2, 0.25) is 0 Å². The highest BCUT2D eigenvalue weighted by molar-refractivity contribution is 8.03. The monoisotopic (exact) mass is 217 g/mol. The molecule has 0 N–H and O–H groups in total. The van der Waals surface area contributed by atoms with Crippen LogP contribution >= 0.6 is 24.4 Å². The number of aliphatic imine (C=N–C) groups is 1. The lowest BCUT2D eigenvalue weighted by Gasteiger charge is -2.27. The first kappa shape index (κ1) is 11.4. The predicted molar refractivity (Wildman–Crippen MR) is 66.2 cm³/mol. The highest BCUT2D eigenvalue weighted by atomic mass is 32.2. The minimum absolute atomic E-state index is 0.0495. The van der Waals surface area contributed by atoms with Crippen LogP contribution in [-0.2, 0) is 0 Å². The molecule has 3 atom stereocenters. The van der Waals surface area contributed by atoms with Crippen molar-refractivity contribution in [2.45, 2.75) is 55.9 Å². The average molecular weight is 217 g/mol. The molecule has 13 heavy (non-hydrogen) atoms. The highest BCUT2D eigenvalue weighted by Crippen LogP contribution is 2.45. The summed E-state index contributed by atoms with van der Waals surface area (Å²) < 4.78 is 0. The van der Waals surface area contributed by atoms with Crippen molar-refractivity contribution < 1.29 is 0 Å². The van der Waals surface area contributed by atoms with Crippen LogP contribution in [0.15, 0.2) is 4.99 Å². The van der Waals surface area contributed by atoms with Crippen LogP contribution < -0.4 is 0 Å². The van der Waals surface area contributed by atoms with Crippen LogP contribution in [0.3, 0.4) is 0 Å². The molecule has 0 aromatic carbocycles. The fourth-order valence-electron chi connectivity index (χ4n) is 1.75. The summed E-state index contributed by atoms with van der Waals surface area (Å²) in [6.07, 6.45) is 2.16. The second-order valence-electron chi connectivity index (χ2n) is 3.59. The van der Waals surface area contributed by atoms with Crippen LogP contribution in [0.1, 0.15) is 40.5 Å². The van der Waals surface area contributed by atoms with E-state index >= 15 is 0 Å². The summed E-state index contributed by atoms with van der Waals surface area (Å²) in [5, 5.41) is 0.925. The first-order chi connectivity index (χ1) is 6.05. The summed E-state index contributed by atoms with van der Waals surface area (Å²) in [6.45, 7) is 8.79. The van der Waals surface area contributed by atoms with Gasteiger partial charge in [-0.05, 0) is 19.8 Å². The third-order valence-corrected chi connectivity index (χ3v) is 5.07. The molecule has 1 aliphatic rings. The Balaban J connectivity index is 2.88. The Hall–Kier alpha value is 0.370. The lowest BCUT2D eigenvalue weighted by atomic mass is 10.1. The number of hydrogen-bond donors (Lipinski definition) is 1. The molecule has 0 saturated heterocycles. The number of thioether (sulfide) groups is 1. The molecular formula is C10H19NS2. The van der Waals surface area contributed by atoms with Gasteiger partial charge >= 0.3 is 0 Å². The van der Waals surface area contributed by atoms with E-state index in [4.69, 9.17) is 4.99 Å². The first-order valence-corrected chi connectivity index (χ1v) is 6.39. The summed E-state index contributed by atoms with van der Waals surface area (Å²) >= 11 is 6.52. The maximum atomic E-state index is 4.84. The van der Waals surface area contributed by atoms with Crippen molar-refractivity contribution in [3.05, 3.63) is 0 Å². The Labute approximate surface area is 91.2 Å². The van der Waals surface area contributed by atoms with Crippen LogP contribution in [0.25, 0.3) is 0 Å². The SMILES string of the molecule is CCC1=NC(CC)(C(C)S)SC1C. The third kappa shape index (κ3) is 2.07. The second kappa shape index (κ2) is 4.26. The summed E-state index contributed by atoms with van der Waals surface area (Å²) in [7, 11) is 0. The fraction of sp³-hybridized carbons (Fsp3) is 0.900. The maximum absolute atomic E-state index is 4.84. The molecule has 1 aliphatic heterocycles. The van der Waals surface area contributed by atoms with Crippen LogP contribution in [0.2, 0.25) is 0 Å². The minimum Gasteiger partial charge on any atom is -0.274 e. The van der Waals surface area contributed by atoms with Crippen LogP contribution in [0, 0.1) is 0 Å². The molecule has 0 fully saturated rings. The van der Waals surface area contributed by atoms with E-state index in [1.807, 2.05) is 11.8 Å². The van der Waals surface area contributed by atoms with Gasteiger partial charge in [-0.15, -0.1) is 11.8 Å². The molecule has 0 radical (unpaired) electrons. The van der Waals surface area contributed by atoms with E-state index in [0.29, 0.717) is 10.5 Å². The van der Waals surface area contributed by atoms with Crippen LogP contribution in [-0.4, -0.2) is 21.1 Å². The van der Waals surface area contributed by atoms with E-state index in [0.717, 1.165) is 12.8 Å². The van der Waals surface area contributed by atoms with E-state index in [1.54, 1.807) is 0 Å². The summed E-state index contributed by atoms with van der Waals surface area (Å²) in [4.78, 5) is 4.89. The number of thiol groups is 1. The van der Waals surface area contributed by atoms with Gasteiger partial charge in [0.15, 0.2) is 0 Å². The van der Waals surface area contributed by atoms with Gasteiger partial charge in [0.1, 0.15) is 4.87 Å². The Bertz CT molecular complexity index is 213. The van der Waals surface area contributed by atoms with Crippen molar-refractivity contribution in [3.63, 3.8) is 0 Å². The average Bonchev–Trinajstić information content (AvgIpc) is 2.43. The van der Waals surface area contributed by atoms with E-state index in [1.165, 1.54) is 5.71 Å². The Morgan fingerprint density at radius 1 is 1.62 bits per heavy atom. The molecule has 3 heteroatoms. The lowest BCUT2D eigenvalue weighted by Crippen LogP contribution is -2.29. The van der Waals surface area contributed by atoms with Crippen molar-refractivity contribution in [1.29, 1.82) is 0 Å². The van der Waals surface area contributed by atoms with E-state index < -0.39 is 0 Å². The van der Waals surface area contributed by atoms with Gasteiger partial charge in [0.05, 0.1) is 0 Å². The summed E-state index contributed by atoms with van der Waals surface area (Å²) in [6, 6.07) is 0. The Morgan fingerprint density at radius 3 is 2.46 bits per heavy atom. The molecule has 0 spiro atoms. The number of rotatable bonds is 3. The predicted octanol–water partition coefficient (Wildman–Crippen LogP) is 3.40. The van der Waals surface area contributed by atoms with Gasteiger partial charge < -0.3 is 0 Å². The molecule has 3 unspecified atom stereocenters. The van der Waals surface area contributed by atoms with Gasteiger partial charge in [-0.1, -0.05) is 20.8 Å². The number of hydrogen-bond acceptors (Lipinski definition) is 3. The van der Waals surface area contributed by atoms with Gasteiger partial charge in [0, 0.05) is 16.2 Å². The summed E-state index contributed by atoms with van der Waals surface area (Å²) in [5.74, 6) is 0. The van der Waals surface area contributed by atoms with Crippen molar-refractivity contribution in [1.82, 2.24) is 0 Å². The van der Waals surface area contributed by atoms with E-state index in [2.05, 4.69) is 40.3 Å². The van der Waals surface area contributed by atoms with Gasteiger partial charge in [-0.2, -0.15) is 12.6 Å². The summed E-state index contributed by atoms with van der Waals surface area (Å²) in [5.41, 5.74) is 1.35. The molecule has 0 aromatic rings. The number of nitrogens with zero attached hydrogens (tertiary/aromatic N) is 1. The smallest absolute Gasteiger partial charge is 0.117 e. The molecule has 1 rings (SSSR count). The molecule has 1 nitrogen and oxygen atoms in total. The van der Waals surface area contributed by atoms with E-state index in [-0.39, 0.29) is 4.87 Å². The van der Waals surface area contributed by atoms with Crippen molar-refractivity contribution in [2.24, 2.45) is 4.99 Å². The lowest BCUT2D eigenvalue weighted by molar-refractivity contribution is 0.596. The van der Waals surface area contributed by atoms with E-state index in [9.17, 15) is 0 Å². The molecule has 1 heterocycles. The molecule has 76 valence electrons. The third-order valence-electron chi connectivity index (χ3n) is 2.70. The molecule has 0 bridgehead atoms. The maximum Gasteiger partial charge on any atom is 0.117 e. The Morgan fingerprint density at radius 2 is 2.23 bits per heavy atom. The van der Waals surface area contributed by atoms with Crippen LogP contribution in [0.5, 0.6) is 0 Å². The van der Waals surface area contributed by atoms with Gasteiger partial charge in [-0.3, -0.25) is 4.99 Å². The zero-order chi connectivity index (χ0) is 10.1. The zero-order valence-corrected chi connectivity index (χ0v) is 10.6. The first-order valence-electron chi connectivity index (χ1n) is 5.00. The Kier molecular flexibility index (Phi) is 3.75. The second-order valence-corrected chi connectivity index (χ2v) is 6.02. The van der Waals surface area contributed by atoms with Crippen molar-refractivity contribution in [3.8, 4) is 0 Å². The standard InChI is InChI=1S/C10H19NS2/c1-5-9-7(3)13-10(6-2,11-9)8(4)12/h7-8,12H,5-6H2,1-4H3. The fourth-order valence-corrected chi connectivity index (χ4v) is 3.67. The minimum atomic E-state index is 0.0495. The molecule has 0 aromatic heterocycles. The van der Waals surface area contributed by atoms with Crippen molar-refractivity contribution in [2.75, 3.05) is 0 Å². The topological polar surface area (TPSA) is 12.4 Å². The largest absolute Gasteiger partial charge is 0.274 e. The van der Waals surface area contributed by atoms with Gasteiger partial charge in [-0.25, -0.2) is 0 Å². The molecule has 0 saturated carbocycles. The quantitative estimate of drug-likeness (QED) is 0.715. The zero-order valence-electron chi connectivity index (χ0n) is 8.87. The van der Waals surface area contributed by atoms with Crippen LogP contribution in [0.4, 0.5) is 0 Å². The van der Waals surface area contributed by atoms with Crippen molar-refractivity contribution >= 4 is 30.1 Å². The highest BCUT2D eigenvalue weighted by Gasteiger charge is 2.40. The normalized spacial score (nSPS) is 36.1. The molecule has 0 aliphatic carbocycles. The molecular weight excluding hydrogens is 198 g/mol. The molecule has 0 amide bonds. The van der Waals surface area contributed by atoms with Gasteiger partial charge in [0.25, 0.3) is 0 Å².